The smallest absolute Gasteiger partial charge is 0.348 e. The number of hydrogen-bond donors (Lipinski definition) is 1. The Labute approximate surface area is 171 Å². The Morgan fingerprint density at radius 2 is 2.00 bits per heavy atom. The maximum Gasteiger partial charge on any atom is 0.417 e. The van der Waals surface area contributed by atoms with Gasteiger partial charge in [-0.05, 0) is 41.6 Å². The summed E-state index contributed by atoms with van der Waals surface area (Å²) in [7, 11) is 0. The Morgan fingerprint density at radius 3 is 2.59 bits per heavy atom. The maximum atomic E-state index is 13.2. The van der Waals surface area contributed by atoms with Gasteiger partial charge in [-0.1, -0.05) is 34.5 Å². The molecule has 0 radical (unpaired) electrons. The molecule has 144 valence electrons. The fourth-order valence-corrected chi connectivity index (χ4v) is 3.90. The van der Waals surface area contributed by atoms with E-state index < -0.39 is 23.2 Å². The van der Waals surface area contributed by atoms with Crippen LogP contribution in [0, 0.1) is 0 Å². The normalized spacial score (nSPS) is 11.3. The zero-order valence-corrected chi connectivity index (χ0v) is 17.2. The van der Waals surface area contributed by atoms with E-state index in [1.165, 1.54) is 6.07 Å². The lowest BCUT2D eigenvalue weighted by atomic mass is 10.0. The zero-order valence-electron chi connectivity index (χ0n) is 14.0. The van der Waals surface area contributed by atoms with Gasteiger partial charge in [0.05, 0.1) is 5.56 Å². The highest BCUT2D eigenvalue weighted by atomic mass is 79.9. The van der Waals surface area contributed by atoms with Gasteiger partial charge >= 0.3 is 6.18 Å². The van der Waals surface area contributed by atoms with Crippen molar-refractivity contribution >= 4 is 51.5 Å². The summed E-state index contributed by atoms with van der Waals surface area (Å²) in [6.07, 6.45) is -4.65. The average Bonchev–Trinajstić information content (AvgIpc) is 2.60. The lowest BCUT2D eigenvalue weighted by Crippen LogP contribution is -2.24. The van der Waals surface area contributed by atoms with Gasteiger partial charge in [0.25, 0.3) is 5.91 Å². The van der Waals surface area contributed by atoms with E-state index in [-0.39, 0.29) is 22.9 Å². The minimum absolute atomic E-state index is 0.0949. The Balaban J connectivity index is 2.28. The molecule has 1 N–H and O–H groups in total. The summed E-state index contributed by atoms with van der Waals surface area (Å²) in [4.78, 5) is 24.3. The number of aldehydes is 1. The highest BCUT2D eigenvalue weighted by molar-refractivity contribution is 9.10. The Hall–Kier alpha value is -1.51. The van der Waals surface area contributed by atoms with Gasteiger partial charge in [0.1, 0.15) is 0 Å². The molecule has 0 aromatic heterocycles. The van der Waals surface area contributed by atoms with Crippen LogP contribution in [0.25, 0.3) is 0 Å². The first kappa shape index (κ1) is 21.8. The lowest BCUT2D eigenvalue weighted by molar-refractivity contribution is -0.137. The summed E-state index contributed by atoms with van der Waals surface area (Å²) in [5.41, 5.74) is -1.15. The molecule has 2 rings (SSSR count). The van der Waals surface area contributed by atoms with Crippen molar-refractivity contribution in [2.45, 2.75) is 24.5 Å². The van der Waals surface area contributed by atoms with Crippen LogP contribution in [-0.4, -0.2) is 17.9 Å². The number of thioether (sulfide) groups is 1. The Bertz CT molecular complexity index is 874. The van der Waals surface area contributed by atoms with Crippen molar-refractivity contribution in [1.82, 2.24) is 5.32 Å². The topological polar surface area (TPSA) is 46.2 Å². The first-order chi connectivity index (χ1) is 12.7. The van der Waals surface area contributed by atoms with Crippen LogP contribution in [0.1, 0.15) is 38.8 Å². The number of carbonyl (C=O) groups is 2. The number of hydrogen-bond acceptors (Lipinski definition) is 3. The van der Waals surface area contributed by atoms with Crippen molar-refractivity contribution in [1.29, 1.82) is 0 Å². The van der Waals surface area contributed by atoms with E-state index in [2.05, 4.69) is 21.2 Å². The fourth-order valence-electron chi connectivity index (χ4n) is 2.36. The number of nitrogens with one attached hydrogen (secondary N) is 1. The Morgan fingerprint density at radius 1 is 1.30 bits per heavy atom. The van der Waals surface area contributed by atoms with Gasteiger partial charge in [-0.2, -0.15) is 13.2 Å². The van der Waals surface area contributed by atoms with Gasteiger partial charge in [-0.3, -0.25) is 9.59 Å². The van der Waals surface area contributed by atoms with Crippen LogP contribution < -0.4 is 5.32 Å². The molecule has 2 aromatic carbocycles. The van der Waals surface area contributed by atoms with Gasteiger partial charge in [0.15, 0.2) is 6.29 Å². The fraction of sp³-hybridized carbons (Fsp3) is 0.222. The summed E-state index contributed by atoms with van der Waals surface area (Å²) in [5, 5.41) is 3.09. The van der Waals surface area contributed by atoms with Crippen LogP contribution in [0.3, 0.4) is 0 Å². The van der Waals surface area contributed by atoms with Crippen LogP contribution >= 0.6 is 39.3 Å². The molecule has 27 heavy (non-hydrogen) atoms. The molecule has 0 spiro atoms. The highest BCUT2D eigenvalue weighted by Gasteiger charge is 2.35. The first-order valence-electron chi connectivity index (χ1n) is 7.72. The van der Waals surface area contributed by atoms with Gasteiger partial charge in [0, 0.05) is 32.1 Å². The van der Waals surface area contributed by atoms with E-state index in [0.29, 0.717) is 11.1 Å². The molecule has 3 nitrogen and oxygen atoms in total. The molecule has 0 aliphatic rings. The third kappa shape index (κ3) is 5.49. The molecule has 1 amide bonds. The number of benzene rings is 2. The minimum atomic E-state index is -4.76. The van der Waals surface area contributed by atoms with Crippen molar-refractivity contribution in [2.75, 3.05) is 5.75 Å². The van der Waals surface area contributed by atoms with E-state index in [1.54, 1.807) is 23.9 Å². The van der Waals surface area contributed by atoms with Crippen molar-refractivity contribution in [3.63, 3.8) is 0 Å². The van der Waals surface area contributed by atoms with E-state index in [9.17, 15) is 22.8 Å². The molecule has 0 heterocycles. The van der Waals surface area contributed by atoms with E-state index in [0.717, 1.165) is 16.2 Å². The predicted octanol–water partition coefficient (Wildman–Crippen LogP) is 5.98. The minimum Gasteiger partial charge on any atom is -0.348 e. The van der Waals surface area contributed by atoms with E-state index in [4.69, 9.17) is 11.6 Å². The number of carbonyl (C=O) groups excluding carboxylic acids is 2. The summed E-state index contributed by atoms with van der Waals surface area (Å²) in [6.45, 7) is 2.09. The molecule has 0 aliphatic heterocycles. The quantitative estimate of drug-likeness (QED) is 0.409. The summed E-state index contributed by atoms with van der Waals surface area (Å²) < 4.78 is 39.4. The molecule has 0 fully saturated rings. The monoisotopic (exact) mass is 479 g/mol. The molecule has 0 saturated carbocycles. The van der Waals surface area contributed by atoms with Gasteiger partial charge in [-0.25, -0.2) is 0 Å². The predicted molar refractivity (Wildman–Crippen MR) is 104 cm³/mol. The summed E-state index contributed by atoms with van der Waals surface area (Å²) in [5.74, 6) is 0.128. The first-order valence-corrected chi connectivity index (χ1v) is 9.88. The second kappa shape index (κ2) is 9.12. The largest absolute Gasteiger partial charge is 0.417 e. The van der Waals surface area contributed by atoms with Crippen molar-refractivity contribution in [3.05, 3.63) is 62.1 Å². The third-order valence-corrected chi connectivity index (χ3v) is 5.47. The standard InChI is InChI=1S/C18H14BrClF3NO2S/c1-2-27-16-4-3-12(20)5-11(16)8-24-17(26)10-6-14(18(21,22)23)13(9-25)15(19)7-10/h3-7,9H,2,8H2,1H3,(H,24,26). The zero-order chi connectivity index (χ0) is 20.2. The van der Waals surface area contributed by atoms with Crippen LogP contribution in [0.2, 0.25) is 5.02 Å². The molecule has 2 aromatic rings. The van der Waals surface area contributed by atoms with Gasteiger partial charge < -0.3 is 5.32 Å². The summed E-state index contributed by atoms with van der Waals surface area (Å²) in [6, 6.07) is 7.12. The van der Waals surface area contributed by atoms with Crippen LogP contribution in [-0.2, 0) is 12.7 Å². The van der Waals surface area contributed by atoms with E-state index >= 15 is 0 Å². The second-order valence-electron chi connectivity index (χ2n) is 5.40. The molecular formula is C18H14BrClF3NO2S. The summed E-state index contributed by atoms with van der Waals surface area (Å²) >= 11 is 10.5. The van der Waals surface area contributed by atoms with Crippen LogP contribution in [0.5, 0.6) is 0 Å². The van der Waals surface area contributed by atoms with Crippen LogP contribution in [0.15, 0.2) is 39.7 Å². The third-order valence-electron chi connectivity index (χ3n) is 3.58. The highest BCUT2D eigenvalue weighted by Crippen LogP contribution is 2.35. The molecule has 0 unspecified atom stereocenters. The SMILES string of the molecule is CCSc1ccc(Cl)cc1CNC(=O)c1cc(Br)c(C=O)c(C(F)(F)F)c1. The lowest BCUT2D eigenvalue weighted by Gasteiger charge is -2.14. The Kier molecular flexibility index (Phi) is 7.36. The van der Waals surface area contributed by atoms with Crippen molar-refractivity contribution in [3.8, 4) is 0 Å². The molecule has 9 heteroatoms. The van der Waals surface area contributed by atoms with Gasteiger partial charge in [-0.15, -0.1) is 11.8 Å². The second-order valence-corrected chi connectivity index (χ2v) is 8.00. The van der Waals surface area contributed by atoms with Crippen LogP contribution in [0.4, 0.5) is 13.2 Å². The average molecular weight is 481 g/mol. The number of halogens is 5. The molecule has 0 aliphatic carbocycles. The molecule has 0 bridgehead atoms. The van der Waals surface area contributed by atoms with Crippen molar-refractivity contribution < 1.29 is 22.8 Å². The molecule has 0 atom stereocenters. The number of rotatable bonds is 6. The molecular weight excluding hydrogens is 467 g/mol. The van der Waals surface area contributed by atoms with Gasteiger partial charge in [0.2, 0.25) is 0 Å². The van der Waals surface area contributed by atoms with E-state index in [1.807, 2.05) is 13.0 Å². The number of alkyl halides is 3. The van der Waals surface area contributed by atoms with Crippen molar-refractivity contribution in [2.24, 2.45) is 0 Å². The maximum absolute atomic E-state index is 13.2. The molecule has 0 saturated heterocycles. The number of amides is 1.